The fourth-order valence-electron chi connectivity index (χ4n) is 3.32. The van der Waals surface area contributed by atoms with Crippen LogP contribution in [-0.2, 0) is 0 Å². The largest absolute Gasteiger partial charge is 0.496 e. The molecule has 1 radical (unpaired) electrons. The molecule has 0 saturated heterocycles. The number of halogens is 2. The summed E-state index contributed by atoms with van der Waals surface area (Å²) in [6.45, 7) is 0. The van der Waals surface area contributed by atoms with Gasteiger partial charge in [0.15, 0.2) is 0 Å². The Morgan fingerprint density at radius 1 is 1.20 bits per heavy atom. The Morgan fingerprint density at radius 2 is 2.08 bits per heavy atom. The Kier molecular flexibility index (Phi) is 3.99. The van der Waals surface area contributed by atoms with Crippen LogP contribution in [0, 0.1) is 18.1 Å². The monoisotopic (exact) mass is 339 g/mol. The number of ether oxygens (including phenoxy) is 1. The number of H-pyrrole nitrogens is 1. The Balaban J connectivity index is 1.95. The molecule has 2 heterocycles. The zero-order valence-corrected chi connectivity index (χ0v) is 13.8. The number of methoxy groups -OCH3 is 1. The number of rotatable bonds is 3. The van der Waals surface area contributed by atoms with Crippen LogP contribution in [0.25, 0.3) is 27.7 Å². The highest BCUT2D eigenvalue weighted by Crippen LogP contribution is 2.38. The SMILES string of the molecule is COc1ccc(F)cc1-c1c(F)cnc2[nH]c(C3=CC[CH]CC3)cc12. The highest BCUT2D eigenvalue weighted by Gasteiger charge is 2.19. The number of benzene rings is 1. The van der Waals surface area contributed by atoms with Crippen molar-refractivity contribution in [2.75, 3.05) is 7.11 Å². The van der Waals surface area contributed by atoms with Crippen molar-refractivity contribution in [1.82, 2.24) is 9.97 Å². The maximum atomic E-state index is 14.6. The van der Waals surface area contributed by atoms with Crippen molar-refractivity contribution >= 4 is 16.6 Å². The Hall–Kier alpha value is -2.69. The molecule has 3 nitrogen and oxygen atoms in total. The number of aromatic amines is 1. The molecule has 3 aromatic rings. The van der Waals surface area contributed by atoms with Crippen LogP contribution in [0.2, 0.25) is 0 Å². The van der Waals surface area contributed by atoms with Crippen LogP contribution in [0.15, 0.2) is 36.5 Å². The van der Waals surface area contributed by atoms with E-state index < -0.39 is 11.6 Å². The normalized spacial score (nSPS) is 14.6. The van der Waals surface area contributed by atoms with Crippen LogP contribution >= 0.6 is 0 Å². The molecule has 0 spiro atoms. The number of aromatic nitrogens is 2. The molecule has 0 atom stereocenters. The minimum atomic E-state index is -0.507. The van der Waals surface area contributed by atoms with Gasteiger partial charge in [0.1, 0.15) is 23.0 Å². The van der Waals surface area contributed by atoms with Gasteiger partial charge in [-0.15, -0.1) is 0 Å². The maximum absolute atomic E-state index is 14.6. The van der Waals surface area contributed by atoms with Crippen LogP contribution in [0.3, 0.4) is 0 Å². The third-order valence-electron chi connectivity index (χ3n) is 4.54. The molecular formula is C20H17F2N2O. The summed E-state index contributed by atoms with van der Waals surface area (Å²) in [5.74, 6) is -0.531. The molecule has 4 rings (SSSR count). The van der Waals surface area contributed by atoms with Crippen molar-refractivity contribution in [3.05, 3.63) is 60.3 Å². The first kappa shape index (κ1) is 15.8. The lowest BCUT2D eigenvalue weighted by Crippen LogP contribution is -1.93. The molecule has 2 aromatic heterocycles. The van der Waals surface area contributed by atoms with Gasteiger partial charge in [-0.2, -0.15) is 0 Å². The average molecular weight is 339 g/mol. The number of nitrogens with zero attached hydrogens (tertiary/aromatic N) is 1. The van der Waals surface area contributed by atoms with E-state index in [1.54, 1.807) is 0 Å². The molecule has 0 fully saturated rings. The van der Waals surface area contributed by atoms with Crippen LogP contribution in [0.4, 0.5) is 8.78 Å². The molecule has 1 aliphatic rings. The Morgan fingerprint density at radius 3 is 2.84 bits per heavy atom. The number of fused-ring (bicyclic) bond motifs is 1. The van der Waals surface area contributed by atoms with Gasteiger partial charge in [0.05, 0.1) is 13.3 Å². The summed E-state index contributed by atoms with van der Waals surface area (Å²) in [5, 5.41) is 0.620. The first-order valence-corrected chi connectivity index (χ1v) is 8.19. The van der Waals surface area contributed by atoms with Crippen LogP contribution in [-0.4, -0.2) is 17.1 Å². The van der Waals surface area contributed by atoms with Crippen molar-refractivity contribution in [1.29, 1.82) is 0 Å². The summed E-state index contributed by atoms with van der Waals surface area (Å²) in [4.78, 5) is 7.42. The van der Waals surface area contributed by atoms with E-state index in [-0.39, 0.29) is 0 Å². The maximum Gasteiger partial charge on any atom is 0.150 e. The van der Waals surface area contributed by atoms with E-state index in [0.29, 0.717) is 27.9 Å². The second-order valence-electron chi connectivity index (χ2n) is 6.06. The topological polar surface area (TPSA) is 37.9 Å². The summed E-state index contributed by atoms with van der Waals surface area (Å²) < 4.78 is 33.7. The molecule has 127 valence electrons. The summed E-state index contributed by atoms with van der Waals surface area (Å²) >= 11 is 0. The van der Waals surface area contributed by atoms with Crippen molar-refractivity contribution in [2.45, 2.75) is 19.3 Å². The lowest BCUT2D eigenvalue weighted by atomic mass is 9.96. The van der Waals surface area contributed by atoms with Gasteiger partial charge < -0.3 is 9.72 Å². The number of pyridine rings is 1. The van der Waals surface area contributed by atoms with Crippen molar-refractivity contribution in [3.63, 3.8) is 0 Å². The molecule has 5 heteroatoms. The van der Waals surface area contributed by atoms with E-state index in [9.17, 15) is 8.78 Å². The molecule has 1 aromatic carbocycles. The van der Waals surface area contributed by atoms with E-state index in [1.807, 2.05) is 6.07 Å². The number of hydrogen-bond donors (Lipinski definition) is 1. The van der Waals surface area contributed by atoms with Gasteiger partial charge in [0.2, 0.25) is 0 Å². The molecular weight excluding hydrogens is 322 g/mol. The van der Waals surface area contributed by atoms with Gasteiger partial charge in [0.25, 0.3) is 0 Å². The van der Waals surface area contributed by atoms with Gasteiger partial charge in [-0.05, 0) is 55.5 Å². The first-order chi connectivity index (χ1) is 12.2. The average Bonchev–Trinajstić information content (AvgIpc) is 3.06. The van der Waals surface area contributed by atoms with Gasteiger partial charge >= 0.3 is 0 Å². The van der Waals surface area contributed by atoms with Crippen LogP contribution < -0.4 is 4.74 Å². The second-order valence-corrected chi connectivity index (χ2v) is 6.06. The van der Waals surface area contributed by atoms with Gasteiger partial charge in [-0.3, -0.25) is 0 Å². The molecule has 0 amide bonds. The molecule has 25 heavy (non-hydrogen) atoms. The van der Waals surface area contributed by atoms with E-state index in [2.05, 4.69) is 22.5 Å². The number of allylic oxidation sites excluding steroid dienone is 2. The number of nitrogens with one attached hydrogen (secondary N) is 1. The Bertz CT molecular complexity index is 975. The van der Waals surface area contributed by atoms with E-state index in [1.165, 1.54) is 30.9 Å². The first-order valence-electron chi connectivity index (χ1n) is 8.19. The van der Waals surface area contributed by atoms with Crippen molar-refractivity contribution in [3.8, 4) is 16.9 Å². The quantitative estimate of drug-likeness (QED) is 0.704. The minimum absolute atomic E-state index is 0.298. The van der Waals surface area contributed by atoms with E-state index in [0.717, 1.165) is 31.2 Å². The predicted molar refractivity (Wildman–Crippen MR) is 94.1 cm³/mol. The molecule has 1 N–H and O–H groups in total. The van der Waals surface area contributed by atoms with Gasteiger partial charge in [-0.25, -0.2) is 13.8 Å². The molecule has 0 unspecified atom stereocenters. The summed E-state index contributed by atoms with van der Waals surface area (Å²) in [5.41, 5.74) is 3.37. The lowest BCUT2D eigenvalue weighted by molar-refractivity contribution is 0.415. The molecule has 0 bridgehead atoms. The number of hydrogen-bond acceptors (Lipinski definition) is 2. The zero-order valence-electron chi connectivity index (χ0n) is 13.8. The van der Waals surface area contributed by atoms with Gasteiger partial charge in [0, 0.05) is 22.2 Å². The molecule has 1 aliphatic carbocycles. The highest BCUT2D eigenvalue weighted by atomic mass is 19.1. The minimum Gasteiger partial charge on any atom is -0.496 e. The van der Waals surface area contributed by atoms with Gasteiger partial charge in [-0.1, -0.05) is 6.08 Å². The third-order valence-corrected chi connectivity index (χ3v) is 4.54. The Labute approximate surface area is 144 Å². The summed E-state index contributed by atoms with van der Waals surface area (Å²) in [6.07, 6.45) is 8.43. The second kappa shape index (κ2) is 6.31. The van der Waals surface area contributed by atoms with E-state index in [4.69, 9.17) is 4.74 Å². The van der Waals surface area contributed by atoms with Crippen LogP contribution in [0.5, 0.6) is 5.75 Å². The fraction of sp³-hybridized carbons (Fsp3) is 0.200. The summed E-state index contributed by atoms with van der Waals surface area (Å²) in [7, 11) is 1.49. The third kappa shape index (κ3) is 2.80. The molecule has 0 saturated carbocycles. The smallest absolute Gasteiger partial charge is 0.150 e. The van der Waals surface area contributed by atoms with Crippen molar-refractivity contribution in [2.24, 2.45) is 0 Å². The zero-order chi connectivity index (χ0) is 17.4. The lowest BCUT2D eigenvalue weighted by Gasteiger charge is -2.11. The van der Waals surface area contributed by atoms with E-state index >= 15 is 0 Å². The van der Waals surface area contributed by atoms with Crippen LogP contribution in [0.1, 0.15) is 25.0 Å². The highest BCUT2D eigenvalue weighted by molar-refractivity contribution is 5.97. The fourth-order valence-corrected chi connectivity index (χ4v) is 3.32. The van der Waals surface area contributed by atoms with Crippen molar-refractivity contribution < 1.29 is 13.5 Å². The predicted octanol–water partition coefficient (Wildman–Crippen LogP) is 5.29. The molecule has 0 aliphatic heterocycles. The summed E-state index contributed by atoms with van der Waals surface area (Å²) in [6, 6.07) is 5.98. The standard InChI is InChI=1S/C20H17F2N2O/c1-25-18-8-7-13(21)9-14(18)19-15-10-17(12-5-3-2-4-6-12)24-20(15)23-11-16(19)22/h2,5,7-11H,3-4,6H2,1H3,(H,23,24).